The number of hydrogen-bond acceptors (Lipinski definition) is 14. The lowest BCUT2D eigenvalue weighted by Gasteiger charge is -2.40. The molecule has 0 radical (unpaired) electrons. The van der Waals surface area contributed by atoms with Crippen LogP contribution in [0.2, 0.25) is 5.02 Å². The van der Waals surface area contributed by atoms with Crippen molar-refractivity contribution >= 4 is 40.3 Å². The Morgan fingerprint density at radius 1 is 1.00 bits per heavy atom. The van der Waals surface area contributed by atoms with Crippen LogP contribution in [0.5, 0.6) is 11.5 Å². The molecule has 18 heteroatoms. The van der Waals surface area contributed by atoms with Crippen LogP contribution >= 0.6 is 11.6 Å². The predicted molar refractivity (Wildman–Crippen MR) is 246 cm³/mol. The summed E-state index contributed by atoms with van der Waals surface area (Å²) in [5, 5.41) is 35.8. The van der Waals surface area contributed by atoms with E-state index >= 15 is 0 Å². The lowest BCUT2D eigenvalue weighted by molar-refractivity contribution is -0.172. The Bertz CT molecular complexity index is 2850. The van der Waals surface area contributed by atoms with Gasteiger partial charge in [-0.3, -0.25) is 30.1 Å². The van der Waals surface area contributed by atoms with Gasteiger partial charge in [-0.15, -0.1) is 0 Å². The normalized spacial score (nSPS) is 22.8. The molecule has 1 saturated carbocycles. The molecule has 2 aromatic carbocycles. The van der Waals surface area contributed by atoms with E-state index < -0.39 is 11.6 Å². The van der Waals surface area contributed by atoms with Gasteiger partial charge in [-0.1, -0.05) is 18.5 Å². The molecule has 6 aliphatic rings. The fourth-order valence-corrected chi connectivity index (χ4v) is 10.6. The van der Waals surface area contributed by atoms with Crippen molar-refractivity contribution in [1.29, 1.82) is 5.26 Å². The summed E-state index contributed by atoms with van der Waals surface area (Å²) in [5.74, 6) is 0.763. The van der Waals surface area contributed by atoms with E-state index in [1.54, 1.807) is 54.0 Å². The van der Waals surface area contributed by atoms with E-state index in [2.05, 4.69) is 32.0 Å². The summed E-state index contributed by atoms with van der Waals surface area (Å²) in [7, 11) is 0. The second-order valence-corrected chi connectivity index (χ2v) is 18.7. The zero-order valence-corrected chi connectivity index (χ0v) is 37.9. The lowest BCUT2D eigenvalue weighted by Crippen LogP contribution is -2.52. The molecule has 7 heterocycles. The second-order valence-electron chi connectivity index (χ2n) is 18.3. The number of nitriles is 1. The maximum absolute atomic E-state index is 13.8. The summed E-state index contributed by atoms with van der Waals surface area (Å²) < 4.78 is 12.9. The number of piperazine rings is 1. The molecule has 17 nitrogen and oxygen atoms in total. The lowest BCUT2D eigenvalue weighted by atomic mass is 9.86. The summed E-state index contributed by atoms with van der Waals surface area (Å²) in [4.78, 5) is 64.5. The maximum atomic E-state index is 13.8. The molecule has 2 aromatic heterocycles. The van der Waals surface area contributed by atoms with Gasteiger partial charge >= 0.3 is 5.97 Å². The summed E-state index contributed by atoms with van der Waals surface area (Å²) in [6, 6.07) is 14.2. The molecule has 0 spiro atoms. The number of halogens is 1. The molecule has 5 N–H and O–H groups in total. The van der Waals surface area contributed by atoms with E-state index in [0.29, 0.717) is 97.6 Å². The van der Waals surface area contributed by atoms with Crippen LogP contribution in [0.4, 0.5) is 0 Å². The van der Waals surface area contributed by atoms with Crippen molar-refractivity contribution < 1.29 is 34.1 Å². The highest BCUT2D eigenvalue weighted by Gasteiger charge is 2.45. The van der Waals surface area contributed by atoms with E-state index in [-0.39, 0.29) is 71.9 Å². The average molecular weight is 930 g/mol. The molecule has 10 rings (SSSR count). The minimum Gasteiger partial charge on any atom is -0.508 e. The minimum atomic E-state index is -1.91. The van der Waals surface area contributed by atoms with E-state index in [9.17, 15) is 29.4 Å². The van der Waals surface area contributed by atoms with E-state index in [1.165, 1.54) is 0 Å². The van der Waals surface area contributed by atoms with Crippen LogP contribution in [0.3, 0.4) is 0 Å². The minimum absolute atomic E-state index is 0.00903. The smallest absolute Gasteiger partial charge is 0.343 e. The van der Waals surface area contributed by atoms with Crippen LogP contribution in [0, 0.1) is 17.2 Å². The largest absolute Gasteiger partial charge is 0.508 e. The van der Waals surface area contributed by atoms with Gasteiger partial charge in [0.25, 0.3) is 11.5 Å². The molecule has 2 saturated heterocycles. The van der Waals surface area contributed by atoms with Crippen LogP contribution in [-0.4, -0.2) is 104 Å². The number of amides is 2. The van der Waals surface area contributed by atoms with E-state index in [4.69, 9.17) is 31.3 Å². The van der Waals surface area contributed by atoms with Crippen LogP contribution in [0.1, 0.15) is 79.7 Å². The van der Waals surface area contributed by atoms with Gasteiger partial charge in [0.05, 0.1) is 45.7 Å². The maximum Gasteiger partial charge on any atom is 0.343 e. The number of cyclic esters (lactones) is 1. The number of phenolic OH excluding ortho intramolecular Hbond substituents is 1. The number of ether oxygens (including phenoxy) is 2. The van der Waals surface area contributed by atoms with Crippen LogP contribution < -0.4 is 26.5 Å². The number of carbonyl (C=O) groups is 3. The van der Waals surface area contributed by atoms with Gasteiger partial charge < -0.3 is 39.4 Å². The number of aliphatic hydroxyl groups is 1. The number of phenols is 1. The van der Waals surface area contributed by atoms with Gasteiger partial charge in [0, 0.05) is 85.9 Å². The molecule has 2 amide bonds. The van der Waals surface area contributed by atoms with Gasteiger partial charge in [0.1, 0.15) is 35.7 Å². The number of likely N-dealkylation sites (tertiary alicyclic amines) is 1. The Morgan fingerprint density at radius 2 is 1.78 bits per heavy atom. The Morgan fingerprint density at radius 3 is 2.48 bits per heavy atom. The van der Waals surface area contributed by atoms with Crippen molar-refractivity contribution in [3.05, 3.63) is 109 Å². The van der Waals surface area contributed by atoms with Gasteiger partial charge in [-0.2, -0.15) is 5.26 Å². The third-order valence-corrected chi connectivity index (χ3v) is 14.7. The van der Waals surface area contributed by atoms with Gasteiger partial charge in [0.2, 0.25) is 5.91 Å². The first kappa shape index (κ1) is 44.2. The number of hydrogen-bond donors (Lipinski definition) is 5. The van der Waals surface area contributed by atoms with Crippen LogP contribution in [0.25, 0.3) is 22.3 Å². The molecule has 3 fully saturated rings. The monoisotopic (exact) mass is 929 g/mol. The first-order valence-electron chi connectivity index (χ1n) is 23.1. The second kappa shape index (κ2) is 17.9. The van der Waals surface area contributed by atoms with Crippen molar-refractivity contribution in [2.24, 2.45) is 5.92 Å². The zero-order valence-electron chi connectivity index (χ0n) is 37.1. The zero-order chi connectivity index (χ0) is 46.6. The fourth-order valence-electron chi connectivity index (χ4n) is 10.4. The standard InChI is InChI=1S/C49H52ClN9O8/c1-2-49(65)37-23-41-44-30(25-59(41)47(63)36(37)27-66-48(49)64)21-34-35(42(60)11-9-39(34)53-44)26-56-17-19-58(20-18-56)46(62)28-13-15-57(16-14-28)43-12-10-40(54-55-43)45(61)52-31-4-7-32(8-5-31)67-33-6-3-29(24-51)38(50)22-33/h3,6,9-12,21-23,28,31-32,54-55,60,65H,2,4-5,7-8,13-20,25-27H2,1H3,(H,52,61)/t31?,32?,49-/m0/s1. The summed E-state index contributed by atoms with van der Waals surface area (Å²) in [6.45, 7) is 6.02. The number of nitrogens with one attached hydrogen (secondary N) is 3. The molecule has 67 heavy (non-hydrogen) atoms. The Kier molecular flexibility index (Phi) is 11.8. The number of fused-ring (bicyclic) bond motifs is 5. The van der Waals surface area contributed by atoms with Crippen molar-refractivity contribution in [3.8, 4) is 29.0 Å². The first-order chi connectivity index (χ1) is 32.4. The van der Waals surface area contributed by atoms with Crippen molar-refractivity contribution in [1.82, 2.24) is 40.4 Å². The van der Waals surface area contributed by atoms with Crippen LogP contribution in [0.15, 0.2) is 70.9 Å². The molecule has 0 bridgehead atoms. The third-order valence-electron chi connectivity index (χ3n) is 14.4. The van der Waals surface area contributed by atoms with Crippen LogP contribution in [-0.2, 0) is 44.4 Å². The number of aromatic nitrogens is 2. The number of carbonyl (C=O) groups excluding carboxylic acids is 3. The summed E-state index contributed by atoms with van der Waals surface area (Å²) >= 11 is 6.16. The Labute approximate surface area is 391 Å². The summed E-state index contributed by atoms with van der Waals surface area (Å²) in [5.41, 5.74) is 8.69. The Balaban J connectivity index is 0.700. The van der Waals surface area contributed by atoms with Gasteiger partial charge in [-0.25, -0.2) is 9.78 Å². The quantitative estimate of drug-likeness (QED) is 0.132. The molecule has 348 valence electrons. The molecular weight excluding hydrogens is 878 g/mol. The Hall–Kier alpha value is -6.61. The molecule has 5 aliphatic heterocycles. The van der Waals surface area contributed by atoms with Crippen molar-refractivity contribution in [3.63, 3.8) is 0 Å². The number of rotatable bonds is 9. The van der Waals surface area contributed by atoms with Crippen molar-refractivity contribution in [2.45, 2.75) is 89.3 Å². The molecule has 4 aromatic rings. The van der Waals surface area contributed by atoms with Gasteiger partial charge in [0.15, 0.2) is 5.60 Å². The number of piperidine rings is 1. The number of hydrazine groups is 1. The first-order valence-corrected chi connectivity index (χ1v) is 23.5. The molecule has 1 atom stereocenters. The number of nitrogens with zero attached hydrogens (tertiary/aromatic N) is 6. The molecular formula is C49H52ClN9O8. The number of pyridine rings is 2. The van der Waals surface area contributed by atoms with E-state index in [1.807, 2.05) is 17.0 Å². The number of aromatic hydroxyl groups is 1. The number of benzene rings is 2. The summed E-state index contributed by atoms with van der Waals surface area (Å²) in [6.07, 6.45) is 8.31. The van der Waals surface area contributed by atoms with E-state index in [0.717, 1.165) is 48.0 Å². The molecule has 0 unspecified atom stereocenters. The van der Waals surface area contributed by atoms with Gasteiger partial charge in [-0.05, 0) is 93.5 Å². The number of esters is 1. The topological polar surface area (TPSA) is 215 Å². The predicted octanol–water partition coefficient (Wildman–Crippen LogP) is 4.01. The third kappa shape index (κ3) is 8.31. The SMILES string of the molecule is CC[C@@]1(O)C(=O)OCc2c1cc1n(c2=O)Cc2cc3c(CN4CCN(C(=O)C5CCN(C6=CC=C(C(=O)NC7CCC(Oc8ccc(C#N)c(Cl)c8)CC7)NN6)CC5)CC4)c(O)ccc3nc2-1. The fraction of sp³-hybridized carbons (Fsp3) is 0.429. The average Bonchev–Trinajstić information content (AvgIpc) is 3.71. The number of allylic oxidation sites excluding steroid dienone is 2. The highest BCUT2D eigenvalue weighted by Crippen LogP contribution is 2.40. The highest BCUT2D eigenvalue weighted by atomic mass is 35.5. The molecule has 1 aliphatic carbocycles. The van der Waals surface area contributed by atoms with Crippen molar-refractivity contribution in [2.75, 3.05) is 39.3 Å². The highest BCUT2D eigenvalue weighted by molar-refractivity contribution is 6.31.